The van der Waals surface area contributed by atoms with E-state index in [2.05, 4.69) is 21.4 Å². The number of allylic oxidation sites excluding steroid dienone is 1. The number of H-pyrrole nitrogens is 1. The summed E-state index contributed by atoms with van der Waals surface area (Å²) < 4.78 is 1.94. The smallest absolute Gasteiger partial charge is 0.240 e. The van der Waals surface area contributed by atoms with Gasteiger partial charge in [0.1, 0.15) is 18.4 Å². The van der Waals surface area contributed by atoms with Crippen LogP contribution in [0.15, 0.2) is 54.7 Å². The fourth-order valence-electron chi connectivity index (χ4n) is 3.57. The monoisotopic (exact) mass is 381 g/mol. The number of nitriles is 1. The van der Waals surface area contributed by atoms with Crippen LogP contribution < -0.4 is 5.32 Å². The summed E-state index contributed by atoms with van der Waals surface area (Å²) >= 11 is 0. The van der Waals surface area contributed by atoms with Gasteiger partial charge in [-0.15, -0.1) is 0 Å². The summed E-state index contributed by atoms with van der Waals surface area (Å²) in [6, 6.07) is 18.2. The molecule has 1 saturated carbocycles. The average Bonchev–Trinajstić information content (AvgIpc) is 3.33. The first-order valence-electron chi connectivity index (χ1n) is 9.65. The van der Waals surface area contributed by atoms with E-state index in [9.17, 15) is 10.1 Å². The minimum Gasteiger partial charge on any atom is -0.352 e. The van der Waals surface area contributed by atoms with Gasteiger partial charge in [-0.1, -0.05) is 30.3 Å². The molecule has 6 nitrogen and oxygen atoms in total. The molecule has 0 aliphatic heterocycles. The zero-order valence-electron chi connectivity index (χ0n) is 15.7. The number of para-hydroxylation sites is 3. The van der Waals surface area contributed by atoms with E-state index in [0.29, 0.717) is 17.4 Å². The third-order valence-electron chi connectivity index (χ3n) is 5.14. The summed E-state index contributed by atoms with van der Waals surface area (Å²) in [5.41, 5.74) is 4.01. The molecule has 2 heterocycles. The topological polar surface area (TPSA) is 86.5 Å². The quantitative estimate of drug-likeness (QED) is 0.515. The van der Waals surface area contributed by atoms with E-state index in [-0.39, 0.29) is 12.5 Å². The lowest BCUT2D eigenvalue weighted by atomic mass is 10.1. The van der Waals surface area contributed by atoms with Gasteiger partial charge in [-0.2, -0.15) is 5.26 Å². The number of imidazole rings is 1. The molecule has 2 aromatic carbocycles. The second-order valence-corrected chi connectivity index (χ2v) is 7.34. The molecule has 1 aliphatic carbocycles. The lowest BCUT2D eigenvalue weighted by molar-refractivity contribution is -0.121. The van der Waals surface area contributed by atoms with Gasteiger partial charge in [0.15, 0.2) is 0 Å². The van der Waals surface area contributed by atoms with Gasteiger partial charge >= 0.3 is 0 Å². The molecule has 142 valence electrons. The van der Waals surface area contributed by atoms with Gasteiger partial charge < -0.3 is 14.9 Å². The number of aromatic amines is 1. The Morgan fingerprint density at radius 2 is 2.03 bits per heavy atom. The average molecular weight is 381 g/mol. The Labute approximate surface area is 167 Å². The van der Waals surface area contributed by atoms with Gasteiger partial charge in [0.05, 0.1) is 16.6 Å². The number of benzene rings is 2. The van der Waals surface area contributed by atoms with E-state index < -0.39 is 0 Å². The van der Waals surface area contributed by atoms with Gasteiger partial charge in [-0.05, 0) is 37.1 Å². The van der Waals surface area contributed by atoms with Crippen LogP contribution in [0.3, 0.4) is 0 Å². The Bertz CT molecular complexity index is 1270. The maximum Gasteiger partial charge on any atom is 0.240 e. The van der Waals surface area contributed by atoms with Crippen LogP contribution in [0.2, 0.25) is 0 Å². The van der Waals surface area contributed by atoms with Crippen molar-refractivity contribution in [1.29, 1.82) is 5.26 Å². The first-order valence-corrected chi connectivity index (χ1v) is 9.65. The van der Waals surface area contributed by atoms with E-state index in [4.69, 9.17) is 0 Å². The summed E-state index contributed by atoms with van der Waals surface area (Å²) in [7, 11) is 0. The predicted molar refractivity (Wildman–Crippen MR) is 113 cm³/mol. The molecule has 0 spiro atoms. The summed E-state index contributed by atoms with van der Waals surface area (Å²) in [6.07, 6.45) is 5.89. The Morgan fingerprint density at radius 3 is 2.83 bits per heavy atom. The van der Waals surface area contributed by atoms with Crippen molar-refractivity contribution in [2.24, 2.45) is 0 Å². The molecule has 1 amide bonds. The van der Waals surface area contributed by atoms with Crippen LogP contribution in [0.5, 0.6) is 0 Å². The first kappa shape index (κ1) is 17.3. The maximum atomic E-state index is 12.3. The number of nitrogens with one attached hydrogen (secondary N) is 2. The number of hydrogen-bond acceptors (Lipinski definition) is 3. The number of fused-ring (bicyclic) bond motifs is 2. The summed E-state index contributed by atoms with van der Waals surface area (Å²) in [6.45, 7) is 0.261. The zero-order chi connectivity index (χ0) is 19.8. The lowest BCUT2D eigenvalue weighted by Gasteiger charge is -2.05. The van der Waals surface area contributed by atoms with E-state index in [1.54, 1.807) is 0 Å². The molecule has 4 aromatic rings. The number of carbonyl (C=O) groups excluding carboxylic acids is 1. The van der Waals surface area contributed by atoms with Crippen LogP contribution in [0.4, 0.5) is 0 Å². The van der Waals surface area contributed by atoms with Crippen LogP contribution in [0.25, 0.3) is 33.6 Å². The van der Waals surface area contributed by atoms with E-state index >= 15 is 0 Å². The molecule has 5 rings (SSSR count). The number of carbonyl (C=O) groups is 1. The van der Waals surface area contributed by atoms with Crippen molar-refractivity contribution in [2.75, 3.05) is 0 Å². The van der Waals surface area contributed by atoms with E-state index in [0.717, 1.165) is 40.3 Å². The number of amides is 1. The highest BCUT2D eigenvalue weighted by Crippen LogP contribution is 2.26. The Morgan fingerprint density at radius 1 is 1.24 bits per heavy atom. The maximum absolute atomic E-state index is 12.3. The van der Waals surface area contributed by atoms with Crippen molar-refractivity contribution in [3.63, 3.8) is 0 Å². The van der Waals surface area contributed by atoms with Crippen molar-refractivity contribution >= 4 is 39.5 Å². The summed E-state index contributed by atoms with van der Waals surface area (Å²) in [5, 5.41) is 13.8. The first-order chi connectivity index (χ1) is 14.2. The van der Waals surface area contributed by atoms with E-state index in [1.807, 2.05) is 65.4 Å². The highest BCUT2D eigenvalue weighted by molar-refractivity contribution is 5.98. The van der Waals surface area contributed by atoms with Crippen molar-refractivity contribution in [1.82, 2.24) is 19.9 Å². The number of rotatable bonds is 5. The van der Waals surface area contributed by atoms with Gasteiger partial charge in [-0.25, -0.2) is 4.98 Å². The number of hydrogen-bond donors (Lipinski definition) is 2. The zero-order valence-corrected chi connectivity index (χ0v) is 15.7. The standard InChI is InChI=1S/C23H19N5O/c24-12-15(23-26-19-6-2-3-7-20(19)27-23)11-16-13-28(14-22(29)25-17-9-10-17)21-8-4-1-5-18(16)21/h1-8,11,13,17H,9-10,14H2,(H,25,29)(H,26,27)/b15-11+. The predicted octanol–water partition coefficient (Wildman–Crippen LogP) is 3.86. The largest absolute Gasteiger partial charge is 0.352 e. The molecule has 1 fully saturated rings. The second kappa shape index (κ2) is 6.95. The van der Waals surface area contributed by atoms with Crippen molar-refractivity contribution in [3.05, 3.63) is 66.1 Å². The molecule has 0 bridgehead atoms. The fourth-order valence-corrected chi connectivity index (χ4v) is 3.57. The third kappa shape index (κ3) is 3.39. The Hall–Kier alpha value is -3.85. The van der Waals surface area contributed by atoms with Gasteiger partial charge in [0.2, 0.25) is 5.91 Å². The molecule has 29 heavy (non-hydrogen) atoms. The molecule has 0 unspecified atom stereocenters. The normalized spacial score (nSPS) is 14.2. The summed E-state index contributed by atoms with van der Waals surface area (Å²) in [5.74, 6) is 0.554. The SMILES string of the molecule is N#C/C(=C\c1cn(CC(=O)NC2CC2)c2ccccc12)c1nc2ccccc2[nH]1. The molecular formula is C23H19N5O. The molecule has 0 saturated heterocycles. The highest BCUT2D eigenvalue weighted by atomic mass is 16.2. The van der Waals surface area contributed by atoms with E-state index in [1.165, 1.54) is 0 Å². The van der Waals surface area contributed by atoms with Crippen LogP contribution in [0.1, 0.15) is 24.2 Å². The molecule has 0 radical (unpaired) electrons. The minimum atomic E-state index is 0.0153. The van der Waals surface area contributed by atoms with Crippen LogP contribution in [-0.2, 0) is 11.3 Å². The summed E-state index contributed by atoms with van der Waals surface area (Å²) in [4.78, 5) is 20.0. The highest BCUT2D eigenvalue weighted by Gasteiger charge is 2.23. The van der Waals surface area contributed by atoms with Crippen molar-refractivity contribution in [2.45, 2.75) is 25.4 Å². The third-order valence-corrected chi connectivity index (χ3v) is 5.14. The molecule has 2 N–H and O–H groups in total. The fraction of sp³-hybridized carbons (Fsp3) is 0.174. The molecule has 6 heteroatoms. The molecule has 1 aliphatic rings. The van der Waals surface area contributed by atoms with Crippen LogP contribution in [0, 0.1) is 11.3 Å². The second-order valence-electron chi connectivity index (χ2n) is 7.34. The molecule has 2 aromatic heterocycles. The minimum absolute atomic E-state index is 0.0153. The molecular weight excluding hydrogens is 362 g/mol. The Kier molecular flexibility index (Phi) is 4.14. The van der Waals surface area contributed by atoms with Crippen molar-refractivity contribution < 1.29 is 4.79 Å². The number of nitrogens with zero attached hydrogens (tertiary/aromatic N) is 3. The number of aromatic nitrogens is 3. The van der Waals surface area contributed by atoms with Crippen LogP contribution >= 0.6 is 0 Å². The van der Waals surface area contributed by atoms with Gasteiger partial charge in [0, 0.05) is 28.7 Å². The van der Waals surface area contributed by atoms with Crippen LogP contribution in [-0.4, -0.2) is 26.5 Å². The Balaban J connectivity index is 1.54. The molecule has 0 atom stereocenters. The van der Waals surface area contributed by atoms with Crippen molar-refractivity contribution in [3.8, 4) is 6.07 Å². The van der Waals surface area contributed by atoms with Gasteiger partial charge in [-0.3, -0.25) is 4.79 Å². The van der Waals surface area contributed by atoms with Gasteiger partial charge in [0.25, 0.3) is 0 Å². The lowest BCUT2D eigenvalue weighted by Crippen LogP contribution is -2.29.